The smallest absolute Gasteiger partial charge is 0.328 e. The van der Waals surface area contributed by atoms with E-state index in [1.54, 1.807) is 12.1 Å². The first-order chi connectivity index (χ1) is 11.1. The zero-order valence-electron chi connectivity index (χ0n) is 14.1. The first kappa shape index (κ1) is 19.2. The summed E-state index contributed by atoms with van der Waals surface area (Å²) in [5.41, 5.74) is 0. The van der Waals surface area contributed by atoms with Crippen LogP contribution in [0.4, 0.5) is 0 Å². The predicted octanol–water partition coefficient (Wildman–Crippen LogP) is 5.48. The quantitative estimate of drug-likeness (QED) is 0.297. The molecule has 0 amide bonds. The lowest BCUT2D eigenvalue weighted by Crippen LogP contribution is -1.96. The third-order valence-corrected chi connectivity index (χ3v) is 3.80. The molecule has 0 spiro atoms. The Morgan fingerprint density at radius 1 is 1.00 bits per heavy atom. The minimum Gasteiger partial charge on any atom is -0.478 e. The molecule has 0 atom stereocenters. The molecule has 0 aliphatic rings. The highest BCUT2D eigenvalue weighted by Gasteiger charge is 2.10. The Hall–Kier alpha value is -1.84. The number of hydrogen-bond donors (Lipinski definition) is 1. The maximum absolute atomic E-state index is 12.0. The van der Waals surface area contributed by atoms with E-state index in [0.29, 0.717) is 17.9 Å². The number of unbranched alkanes of at least 4 members (excludes halogenated alkanes) is 8. The number of carboxylic acids is 1. The van der Waals surface area contributed by atoms with Crippen molar-refractivity contribution in [3.8, 4) is 0 Å². The number of ketones is 1. The molecule has 0 aliphatic heterocycles. The summed E-state index contributed by atoms with van der Waals surface area (Å²) in [6.07, 6.45) is 13.8. The van der Waals surface area contributed by atoms with Gasteiger partial charge in [-0.15, -0.1) is 0 Å². The third kappa shape index (κ3) is 9.01. The van der Waals surface area contributed by atoms with Gasteiger partial charge < -0.3 is 9.52 Å². The van der Waals surface area contributed by atoms with E-state index in [1.807, 2.05) is 0 Å². The Labute approximate surface area is 138 Å². The highest BCUT2D eigenvalue weighted by Crippen LogP contribution is 2.15. The molecule has 1 aromatic rings. The Balaban J connectivity index is 2.13. The van der Waals surface area contributed by atoms with E-state index in [-0.39, 0.29) is 5.78 Å². The molecule has 0 saturated heterocycles. The van der Waals surface area contributed by atoms with Crippen LogP contribution in [-0.4, -0.2) is 16.9 Å². The van der Waals surface area contributed by atoms with Gasteiger partial charge in [-0.25, -0.2) is 4.79 Å². The van der Waals surface area contributed by atoms with Crippen molar-refractivity contribution in [1.29, 1.82) is 0 Å². The fourth-order valence-corrected chi connectivity index (χ4v) is 2.47. The molecule has 0 fully saturated rings. The van der Waals surface area contributed by atoms with Crippen LogP contribution in [0.1, 0.15) is 87.4 Å². The number of carboxylic acid groups (broad SMARTS) is 1. The van der Waals surface area contributed by atoms with E-state index in [1.165, 1.54) is 51.0 Å². The zero-order chi connectivity index (χ0) is 16.9. The Morgan fingerprint density at radius 3 is 2.22 bits per heavy atom. The summed E-state index contributed by atoms with van der Waals surface area (Å²) in [5, 5.41) is 8.54. The molecular weight excluding hydrogens is 292 g/mol. The van der Waals surface area contributed by atoms with E-state index < -0.39 is 5.97 Å². The maximum Gasteiger partial charge on any atom is 0.328 e. The molecule has 1 rings (SSSR count). The van der Waals surface area contributed by atoms with E-state index in [2.05, 4.69) is 6.92 Å². The number of carbonyl (C=O) groups excluding carboxylic acids is 1. The van der Waals surface area contributed by atoms with E-state index in [0.717, 1.165) is 18.9 Å². The van der Waals surface area contributed by atoms with Crippen LogP contribution in [0.15, 0.2) is 22.6 Å². The number of hydrogen-bond acceptors (Lipinski definition) is 3. The van der Waals surface area contributed by atoms with Crippen molar-refractivity contribution >= 4 is 17.8 Å². The SMILES string of the molecule is CCCCCCCCCCCC(=O)c1ccc(/C=C/C(=O)O)o1. The van der Waals surface area contributed by atoms with Crippen LogP contribution in [0.3, 0.4) is 0 Å². The average molecular weight is 320 g/mol. The van der Waals surface area contributed by atoms with Crippen molar-refractivity contribution in [1.82, 2.24) is 0 Å². The first-order valence-electron chi connectivity index (χ1n) is 8.67. The zero-order valence-corrected chi connectivity index (χ0v) is 14.1. The minimum absolute atomic E-state index is 0.0112. The minimum atomic E-state index is -1.04. The van der Waals surface area contributed by atoms with Gasteiger partial charge in [0.25, 0.3) is 0 Å². The van der Waals surface area contributed by atoms with Crippen LogP contribution in [0.2, 0.25) is 0 Å². The third-order valence-electron chi connectivity index (χ3n) is 3.80. The molecule has 4 heteroatoms. The van der Waals surface area contributed by atoms with E-state index in [4.69, 9.17) is 9.52 Å². The summed E-state index contributed by atoms with van der Waals surface area (Å²) in [5.74, 6) is -0.343. The molecule has 23 heavy (non-hydrogen) atoms. The summed E-state index contributed by atoms with van der Waals surface area (Å²) in [4.78, 5) is 22.4. The van der Waals surface area contributed by atoms with Gasteiger partial charge in [-0.1, -0.05) is 58.3 Å². The van der Waals surface area contributed by atoms with E-state index >= 15 is 0 Å². The number of rotatable bonds is 13. The highest BCUT2D eigenvalue weighted by atomic mass is 16.4. The lowest BCUT2D eigenvalue weighted by Gasteiger charge is -2.01. The lowest BCUT2D eigenvalue weighted by molar-refractivity contribution is -0.131. The van der Waals surface area contributed by atoms with Crippen LogP contribution >= 0.6 is 0 Å². The summed E-state index contributed by atoms with van der Waals surface area (Å²) in [6.45, 7) is 2.22. The van der Waals surface area contributed by atoms with Crippen molar-refractivity contribution in [2.75, 3.05) is 0 Å². The molecule has 0 saturated carbocycles. The Bertz CT molecular complexity index is 499. The van der Waals surface area contributed by atoms with Crippen molar-refractivity contribution in [2.24, 2.45) is 0 Å². The second-order valence-corrected chi connectivity index (χ2v) is 5.88. The number of carbonyl (C=O) groups is 2. The highest BCUT2D eigenvalue weighted by molar-refractivity contribution is 5.93. The van der Waals surface area contributed by atoms with Gasteiger partial charge in [0, 0.05) is 12.5 Å². The lowest BCUT2D eigenvalue weighted by atomic mass is 10.1. The first-order valence-corrected chi connectivity index (χ1v) is 8.67. The molecule has 0 aliphatic carbocycles. The van der Waals surface area contributed by atoms with Gasteiger partial charge in [0.2, 0.25) is 0 Å². The van der Waals surface area contributed by atoms with Crippen LogP contribution in [0.25, 0.3) is 6.08 Å². The second kappa shape index (κ2) is 11.7. The molecular formula is C19H28O4. The predicted molar refractivity (Wildman–Crippen MR) is 91.6 cm³/mol. The number of Topliss-reactive ketones (excluding diaryl/α,β-unsaturated/α-hetero) is 1. The maximum atomic E-state index is 12.0. The average Bonchev–Trinajstić information content (AvgIpc) is 3.00. The van der Waals surface area contributed by atoms with Gasteiger partial charge in [-0.05, 0) is 24.6 Å². The Kier molecular flexibility index (Phi) is 9.76. The molecule has 0 unspecified atom stereocenters. The summed E-state index contributed by atoms with van der Waals surface area (Å²) >= 11 is 0. The summed E-state index contributed by atoms with van der Waals surface area (Å²) in [7, 11) is 0. The monoisotopic (exact) mass is 320 g/mol. The number of furan rings is 1. The molecule has 1 N–H and O–H groups in total. The van der Waals surface area contributed by atoms with E-state index in [9.17, 15) is 9.59 Å². The summed E-state index contributed by atoms with van der Waals surface area (Å²) < 4.78 is 5.33. The van der Waals surface area contributed by atoms with Crippen molar-refractivity contribution < 1.29 is 19.1 Å². The largest absolute Gasteiger partial charge is 0.478 e. The fraction of sp³-hybridized carbons (Fsp3) is 0.579. The molecule has 1 heterocycles. The van der Waals surface area contributed by atoms with Crippen LogP contribution in [-0.2, 0) is 4.79 Å². The number of aliphatic carboxylic acids is 1. The fourth-order valence-electron chi connectivity index (χ4n) is 2.47. The van der Waals surface area contributed by atoms with Gasteiger partial charge in [0.1, 0.15) is 5.76 Å². The standard InChI is InChI=1S/C19H28O4/c1-2-3-4-5-6-7-8-9-10-11-17(20)18-14-12-16(23-18)13-15-19(21)22/h12-15H,2-11H2,1H3,(H,21,22)/b15-13+. The topological polar surface area (TPSA) is 67.5 Å². The molecule has 4 nitrogen and oxygen atoms in total. The second-order valence-electron chi connectivity index (χ2n) is 5.88. The van der Waals surface area contributed by atoms with Crippen LogP contribution in [0.5, 0.6) is 0 Å². The van der Waals surface area contributed by atoms with Gasteiger partial charge in [0.05, 0.1) is 0 Å². The van der Waals surface area contributed by atoms with Crippen molar-refractivity contribution in [3.05, 3.63) is 29.7 Å². The molecule has 0 radical (unpaired) electrons. The van der Waals surface area contributed by atoms with Gasteiger partial charge in [-0.2, -0.15) is 0 Å². The molecule has 1 aromatic heterocycles. The van der Waals surface area contributed by atoms with Gasteiger partial charge in [0.15, 0.2) is 11.5 Å². The normalized spacial score (nSPS) is 11.2. The Morgan fingerprint density at radius 2 is 1.61 bits per heavy atom. The van der Waals surface area contributed by atoms with Crippen LogP contribution in [0, 0.1) is 0 Å². The summed E-state index contributed by atoms with van der Waals surface area (Å²) in [6, 6.07) is 3.22. The van der Waals surface area contributed by atoms with Crippen molar-refractivity contribution in [3.63, 3.8) is 0 Å². The van der Waals surface area contributed by atoms with Crippen molar-refractivity contribution in [2.45, 2.75) is 71.1 Å². The molecule has 0 bridgehead atoms. The molecule has 128 valence electrons. The van der Waals surface area contributed by atoms with Gasteiger partial charge >= 0.3 is 5.97 Å². The van der Waals surface area contributed by atoms with Crippen LogP contribution < -0.4 is 0 Å². The molecule has 0 aromatic carbocycles. The van der Waals surface area contributed by atoms with Gasteiger partial charge in [-0.3, -0.25) is 4.79 Å².